The van der Waals surface area contributed by atoms with Crippen LogP contribution in [0, 0.1) is 0 Å². The number of rotatable bonds is 7. The molecule has 4 heterocycles. The van der Waals surface area contributed by atoms with Crippen molar-refractivity contribution in [1.82, 2.24) is 9.13 Å². The molecule has 0 radical (unpaired) electrons. The van der Waals surface area contributed by atoms with Crippen molar-refractivity contribution in [3.8, 4) is 67.0 Å². The molecule has 0 saturated carbocycles. The van der Waals surface area contributed by atoms with E-state index in [4.69, 9.17) is 0 Å². The molecule has 0 spiro atoms. The second-order valence-corrected chi connectivity index (χ2v) is 26.6. The summed E-state index contributed by atoms with van der Waals surface area (Å²) in [5, 5.41) is 20.4. The van der Waals surface area contributed by atoms with Crippen LogP contribution in [0.1, 0.15) is 0 Å². The Labute approximate surface area is 537 Å². The molecule has 0 unspecified atom stereocenters. The molecule has 0 aliphatic rings. The van der Waals surface area contributed by atoms with Gasteiger partial charge in [-0.3, -0.25) is 0 Å². The van der Waals surface area contributed by atoms with Crippen molar-refractivity contribution in [1.29, 1.82) is 0 Å². The maximum atomic E-state index is 2.54. The van der Waals surface area contributed by atoms with E-state index >= 15 is 0 Å². The first-order valence-electron chi connectivity index (χ1n) is 31.6. The lowest BCUT2D eigenvalue weighted by Gasteiger charge is -2.16. The number of benzene rings is 16. The summed E-state index contributed by atoms with van der Waals surface area (Å²) in [4.78, 5) is 0. The summed E-state index contributed by atoms with van der Waals surface area (Å²) in [7, 11) is 0. The molecule has 92 heavy (non-hydrogen) atoms. The average Bonchev–Trinajstić information content (AvgIpc) is 1.54. The Morgan fingerprint density at radius 3 is 0.880 bits per heavy atom. The van der Waals surface area contributed by atoms with E-state index in [-0.39, 0.29) is 0 Å². The normalized spacial score (nSPS) is 12.1. The smallest absolute Gasteiger partial charge is 0.0726 e. The Morgan fingerprint density at radius 1 is 0.196 bits per heavy atom. The van der Waals surface area contributed by atoms with E-state index in [9.17, 15) is 0 Å². The van der Waals surface area contributed by atoms with Gasteiger partial charge in [-0.1, -0.05) is 255 Å². The molecule has 0 N–H and O–H groups in total. The van der Waals surface area contributed by atoms with Crippen LogP contribution < -0.4 is 0 Å². The number of nitrogens with zero attached hydrogens (tertiary/aromatic N) is 2. The number of aromatic nitrogens is 2. The molecular formula is C88H52N2S2. The van der Waals surface area contributed by atoms with Gasteiger partial charge in [0.2, 0.25) is 0 Å². The van der Waals surface area contributed by atoms with E-state index < -0.39 is 0 Å². The topological polar surface area (TPSA) is 9.86 Å². The molecule has 0 atom stereocenters. The van der Waals surface area contributed by atoms with Crippen LogP contribution in [-0.2, 0) is 0 Å². The Hall–Kier alpha value is -11.4. The zero-order chi connectivity index (χ0) is 60.1. The van der Waals surface area contributed by atoms with Crippen molar-refractivity contribution in [2.75, 3.05) is 0 Å². The Balaban J connectivity index is 0.757. The molecule has 2 nitrogen and oxygen atoms in total. The van der Waals surface area contributed by atoms with Gasteiger partial charge in [-0.25, -0.2) is 0 Å². The standard InChI is InChI=1S/C88H52N2S2/c1-3-19-53(20-4-1)55-35-41-59(42-36-55)89-77-49-39-57(51-75(77)81-69-27-11-13-29-71(69)83-73-31-15-17-33-79(73)91-87(83)85(81)89)61-45-47-67(65-25-9-7-23-63(61)65)68-48-46-62(64-24-8-10-26-66(64)68)58-40-50-78-76(52-58)82-70-28-12-14-30-72(70)84-74-32-16-18-34-80(74)92-88(84)86(82)90(78)60-43-37-56(38-44-60)54-21-5-2-6-22-54/h1-52H. The van der Waals surface area contributed by atoms with E-state index in [2.05, 4.69) is 325 Å². The predicted octanol–water partition coefficient (Wildman–Crippen LogP) is 25.6. The fourth-order valence-electron chi connectivity index (χ4n) is 15.7. The van der Waals surface area contributed by atoms with E-state index in [1.165, 1.54) is 183 Å². The van der Waals surface area contributed by atoms with Gasteiger partial charge in [-0.05, 0) is 159 Å². The molecule has 0 aliphatic carbocycles. The highest BCUT2D eigenvalue weighted by molar-refractivity contribution is 7.27. The molecular weight excluding hydrogens is 1150 g/mol. The molecule has 0 amide bonds. The third-order valence-corrected chi connectivity index (χ3v) is 22.1. The van der Waals surface area contributed by atoms with Gasteiger partial charge in [0, 0.05) is 63.9 Å². The van der Waals surface area contributed by atoms with Crippen LogP contribution in [0.15, 0.2) is 315 Å². The number of fused-ring (bicyclic) bond motifs is 22. The van der Waals surface area contributed by atoms with Crippen LogP contribution in [0.4, 0.5) is 0 Å². The second kappa shape index (κ2) is 20.1. The molecule has 4 aromatic heterocycles. The summed E-state index contributed by atoms with van der Waals surface area (Å²) >= 11 is 3.82. The quantitative estimate of drug-likeness (QED) is 0.151. The molecule has 0 bridgehead atoms. The minimum atomic E-state index is 1.15. The first kappa shape index (κ1) is 51.5. The molecule has 0 saturated heterocycles. The third kappa shape index (κ3) is 7.54. The van der Waals surface area contributed by atoms with E-state index in [0.717, 1.165) is 11.4 Å². The zero-order valence-corrected chi connectivity index (χ0v) is 51.4. The minimum Gasteiger partial charge on any atom is -0.308 e. The van der Waals surface area contributed by atoms with Crippen LogP contribution in [0.5, 0.6) is 0 Å². The fraction of sp³-hybridized carbons (Fsp3) is 0. The number of hydrogen-bond acceptors (Lipinski definition) is 2. The number of hydrogen-bond donors (Lipinski definition) is 0. The highest BCUT2D eigenvalue weighted by Gasteiger charge is 2.26. The van der Waals surface area contributed by atoms with Gasteiger partial charge in [-0.15, -0.1) is 22.7 Å². The van der Waals surface area contributed by atoms with Gasteiger partial charge < -0.3 is 9.13 Å². The van der Waals surface area contributed by atoms with Crippen molar-refractivity contribution in [3.63, 3.8) is 0 Å². The van der Waals surface area contributed by atoms with Crippen molar-refractivity contribution in [2.24, 2.45) is 0 Å². The van der Waals surface area contributed by atoms with Gasteiger partial charge in [0.25, 0.3) is 0 Å². The Morgan fingerprint density at radius 2 is 0.489 bits per heavy atom. The summed E-state index contributed by atoms with van der Waals surface area (Å²) in [6, 6.07) is 118. The van der Waals surface area contributed by atoms with Gasteiger partial charge in [0.05, 0.1) is 31.5 Å². The molecule has 0 fully saturated rings. The first-order chi connectivity index (χ1) is 45.7. The summed E-state index contributed by atoms with van der Waals surface area (Å²) in [6.45, 7) is 0. The van der Waals surface area contributed by atoms with E-state index in [1.54, 1.807) is 0 Å². The molecule has 4 heteroatoms. The maximum Gasteiger partial charge on any atom is 0.0726 e. The van der Waals surface area contributed by atoms with Crippen LogP contribution in [-0.4, -0.2) is 9.13 Å². The fourth-order valence-corrected chi connectivity index (χ4v) is 18.2. The molecule has 16 aromatic carbocycles. The van der Waals surface area contributed by atoms with Gasteiger partial charge in [0.15, 0.2) is 0 Å². The van der Waals surface area contributed by atoms with Crippen LogP contribution in [0.25, 0.3) is 194 Å². The van der Waals surface area contributed by atoms with Crippen molar-refractivity contribution in [3.05, 3.63) is 315 Å². The van der Waals surface area contributed by atoms with Crippen LogP contribution in [0.3, 0.4) is 0 Å². The van der Waals surface area contributed by atoms with Crippen molar-refractivity contribution >= 4 is 150 Å². The molecule has 0 aliphatic heterocycles. The van der Waals surface area contributed by atoms with Gasteiger partial charge in [0.1, 0.15) is 0 Å². The predicted molar refractivity (Wildman–Crippen MR) is 398 cm³/mol. The highest BCUT2D eigenvalue weighted by Crippen LogP contribution is 2.52. The first-order valence-corrected chi connectivity index (χ1v) is 33.3. The van der Waals surface area contributed by atoms with Gasteiger partial charge in [-0.2, -0.15) is 0 Å². The lowest BCUT2D eigenvalue weighted by molar-refractivity contribution is 1.19. The minimum absolute atomic E-state index is 1.15. The lowest BCUT2D eigenvalue weighted by Crippen LogP contribution is -1.94. The van der Waals surface area contributed by atoms with Crippen LogP contribution >= 0.6 is 22.7 Å². The highest BCUT2D eigenvalue weighted by atomic mass is 32.1. The van der Waals surface area contributed by atoms with Crippen molar-refractivity contribution in [2.45, 2.75) is 0 Å². The largest absolute Gasteiger partial charge is 0.308 e. The van der Waals surface area contributed by atoms with Crippen LogP contribution in [0.2, 0.25) is 0 Å². The van der Waals surface area contributed by atoms with Gasteiger partial charge >= 0.3 is 0 Å². The summed E-state index contributed by atoms with van der Waals surface area (Å²) in [6.07, 6.45) is 0. The number of thiophene rings is 2. The summed E-state index contributed by atoms with van der Waals surface area (Å²) in [5.74, 6) is 0. The Bertz CT molecular complexity index is 6070. The SMILES string of the molecule is c1ccc(-c2ccc(-n3c4ccc(-c5ccc(-c6ccc(-c7ccc8c(c7)c7c9ccccc9c9c%10ccccc%10sc9c7n8-c7ccc(-c8ccccc8)cc7)c7ccccc67)c6ccccc56)cc4c4c5ccccc5c5c6ccccc6sc5c43)cc2)cc1. The monoisotopic (exact) mass is 1200 g/mol. The summed E-state index contributed by atoms with van der Waals surface area (Å²) < 4.78 is 10.3. The second-order valence-electron chi connectivity index (χ2n) is 24.5. The average molecular weight is 1200 g/mol. The third-order valence-electron chi connectivity index (χ3n) is 19.7. The maximum absolute atomic E-state index is 2.54. The summed E-state index contributed by atoms with van der Waals surface area (Å²) in [5.41, 5.74) is 19.3. The lowest BCUT2D eigenvalue weighted by atomic mass is 9.87. The van der Waals surface area contributed by atoms with Crippen molar-refractivity contribution < 1.29 is 0 Å². The molecule has 20 rings (SSSR count). The Kier molecular flexibility index (Phi) is 11.2. The zero-order valence-electron chi connectivity index (χ0n) is 49.7. The van der Waals surface area contributed by atoms with E-state index in [0.29, 0.717) is 0 Å². The molecule has 426 valence electrons. The van der Waals surface area contributed by atoms with E-state index in [1.807, 2.05) is 22.7 Å². The molecule has 20 aromatic rings.